The number of aliphatic hydroxyl groups is 1. The Balaban J connectivity index is 2.07. The van der Waals surface area contributed by atoms with Crippen molar-refractivity contribution in [3.8, 4) is 0 Å². The zero-order valence-corrected chi connectivity index (χ0v) is 11.6. The molecular weight excluding hydrogens is 270 g/mol. The van der Waals surface area contributed by atoms with Crippen molar-refractivity contribution in [3.05, 3.63) is 47.5 Å². The molecule has 1 heterocycles. The number of ether oxygens (including phenoxy) is 1. The number of aliphatic hydroxyl groups excluding tert-OH is 1. The zero-order chi connectivity index (χ0) is 15.0. The van der Waals surface area contributed by atoms with Gasteiger partial charge in [-0.05, 0) is 17.5 Å². The highest BCUT2D eigenvalue weighted by molar-refractivity contribution is 6.25. The van der Waals surface area contributed by atoms with Gasteiger partial charge in [0.15, 0.2) is 0 Å². The van der Waals surface area contributed by atoms with Crippen molar-refractivity contribution in [2.75, 3.05) is 20.3 Å². The Kier molecular flexibility index (Phi) is 3.45. The molecular formula is C16H15NO4. The predicted octanol–water partition coefficient (Wildman–Crippen LogP) is 1.44. The van der Waals surface area contributed by atoms with Crippen LogP contribution >= 0.6 is 0 Å². The molecule has 1 aliphatic rings. The Morgan fingerprint density at radius 3 is 2.19 bits per heavy atom. The molecule has 0 bridgehead atoms. The summed E-state index contributed by atoms with van der Waals surface area (Å²) < 4.78 is 4.84. The first-order valence-electron chi connectivity index (χ1n) is 6.68. The van der Waals surface area contributed by atoms with Gasteiger partial charge in [-0.2, -0.15) is 0 Å². The minimum absolute atomic E-state index is 0.0723. The maximum Gasteiger partial charge on any atom is 0.261 e. The largest absolute Gasteiger partial charge is 0.389 e. The topological polar surface area (TPSA) is 66.8 Å². The number of benzene rings is 2. The number of hydrogen-bond donors (Lipinski definition) is 1. The van der Waals surface area contributed by atoms with Crippen molar-refractivity contribution >= 4 is 22.6 Å². The number of nitrogens with zero attached hydrogens (tertiary/aromatic N) is 1. The predicted molar refractivity (Wildman–Crippen MR) is 77.2 cm³/mol. The molecule has 2 aromatic carbocycles. The van der Waals surface area contributed by atoms with E-state index in [0.717, 1.165) is 10.3 Å². The zero-order valence-electron chi connectivity index (χ0n) is 11.6. The van der Waals surface area contributed by atoms with Crippen LogP contribution in [-0.4, -0.2) is 48.2 Å². The van der Waals surface area contributed by atoms with Gasteiger partial charge in [-0.15, -0.1) is 0 Å². The van der Waals surface area contributed by atoms with E-state index in [2.05, 4.69) is 0 Å². The lowest BCUT2D eigenvalue weighted by Crippen LogP contribution is -2.45. The number of carbonyl (C=O) groups excluding carboxylic acids is 2. The SMILES string of the molecule is COCC(O)CN1C(=O)c2cccc3cccc(c23)C1=O. The Morgan fingerprint density at radius 1 is 1.10 bits per heavy atom. The van der Waals surface area contributed by atoms with E-state index in [0.29, 0.717) is 16.5 Å². The number of β-amino-alcohol motifs (C(OH)–C–C–N with tert-alkyl or cyclic N) is 1. The van der Waals surface area contributed by atoms with Crippen LogP contribution in [0.2, 0.25) is 0 Å². The molecule has 0 saturated carbocycles. The number of hydrogen-bond acceptors (Lipinski definition) is 4. The van der Waals surface area contributed by atoms with Crippen LogP contribution in [0.15, 0.2) is 36.4 Å². The summed E-state index contributed by atoms with van der Waals surface area (Å²) in [5.74, 6) is -0.751. The van der Waals surface area contributed by atoms with Crippen LogP contribution in [0.1, 0.15) is 20.7 Å². The summed E-state index contributed by atoms with van der Waals surface area (Å²) in [5.41, 5.74) is 0.986. The molecule has 2 aromatic rings. The third-order valence-corrected chi connectivity index (χ3v) is 3.61. The Labute approximate surface area is 121 Å². The molecule has 1 atom stereocenters. The first kappa shape index (κ1) is 13.7. The van der Waals surface area contributed by atoms with Gasteiger partial charge in [0, 0.05) is 23.6 Å². The molecule has 0 saturated heterocycles. The molecule has 0 aromatic heterocycles. The lowest BCUT2D eigenvalue weighted by molar-refractivity contribution is 0.0296. The van der Waals surface area contributed by atoms with Crippen LogP contribution in [0.4, 0.5) is 0 Å². The maximum absolute atomic E-state index is 12.5. The number of imide groups is 1. The van der Waals surface area contributed by atoms with E-state index in [-0.39, 0.29) is 25.0 Å². The molecule has 108 valence electrons. The number of rotatable bonds is 4. The normalized spacial score (nSPS) is 15.6. The average molecular weight is 285 g/mol. The molecule has 0 fully saturated rings. The fourth-order valence-corrected chi connectivity index (χ4v) is 2.70. The summed E-state index contributed by atoms with van der Waals surface area (Å²) in [6.45, 7) is -0.000857. The van der Waals surface area contributed by atoms with Crippen molar-refractivity contribution < 1.29 is 19.4 Å². The Morgan fingerprint density at radius 2 is 1.67 bits per heavy atom. The molecule has 2 amide bonds. The van der Waals surface area contributed by atoms with E-state index in [1.807, 2.05) is 12.1 Å². The van der Waals surface area contributed by atoms with Crippen LogP contribution in [0, 0.1) is 0 Å². The van der Waals surface area contributed by atoms with Crippen LogP contribution in [0.25, 0.3) is 10.8 Å². The Hall–Kier alpha value is -2.24. The number of amides is 2. The summed E-state index contributed by atoms with van der Waals surface area (Å²) in [7, 11) is 1.46. The highest BCUT2D eigenvalue weighted by atomic mass is 16.5. The molecule has 1 N–H and O–H groups in total. The molecule has 1 unspecified atom stereocenters. The van der Waals surface area contributed by atoms with Gasteiger partial charge >= 0.3 is 0 Å². The fraction of sp³-hybridized carbons (Fsp3) is 0.250. The molecule has 5 nitrogen and oxygen atoms in total. The lowest BCUT2D eigenvalue weighted by Gasteiger charge is -2.28. The molecule has 21 heavy (non-hydrogen) atoms. The first-order chi connectivity index (χ1) is 10.1. The highest BCUT2D eigenvalue weighted by Gasteiger charge is 2.33. The van der Waals surface area contributed by atoms with Crippen molar-refractivity contribution in [1.29, 1.82) is 0 Å². The third-order valence-electron chi connectivity index (χ3n) is 3.61. The van der Waals surface area contributed by atoms with Crippen molar-refractivity contribution in [2.45, 2.75) is 6.10 Å². The molecule has 0 spiro atoms. The molecule has 0 aliphatic carbocycles. The van der Waals surface area contributed by atoms with Crippen molar-refractivity contribution in [3.63, 3.8) is 0 Å². The van der Waals surface area contributed by atoms with E-state index in [9.17, 15) is 14.7 Å². The second-order valence-electron chi connectivity index (χ2n) is 5.04. The summed E-state index contributed by atoms with van der Waals surface area (Å²) in [5, 5.41) is 11.4. The van der Waals surface area contributed by atoms with Crippen molar-refractivity contribution in [2.24, 2.45) is 0 Å². The van der Waals surface area contributed by atoms with Crippen LogP contribution < -0.4 is 0 Å². The van der Waals surface area contributed by atoms with Crippen LogP contribution in [0.3, 0.4) is 0 Å². The van der Waals surface area contributed by atoms with Gasteiger partial charge < -0.3 is 9.84 Å². The van der Waals surface area contributed by atoms with Gasteiger partial charge in [0.05, 0.1) is 19.3 Å². The summed E-state index contributed by atoms with van der Waals surface area (Å²) in [6.07, 6.45) is -0.896. The van der Waals surface area contributed by atoms with Crippen molar-refractivity contribution in [1.82, 2.24) is 4.90 Å². The van der Waals surface area contributed by atoms with E-state index < -0.39 is 6.10 Å². The Bertz CT molecular complexity index is 675. The number of methoxy groups -OCH3 is 1. The second kappa shape index (κ2) is 5.27. The summed E-state index contributed by atoms with van der Waals surface area (Å²) in [4.78, 5) is 26.1. The van der Waals surface area contributed by atoms with Gasteiger partial charge in [-0.3, -0.25) is 14.5 Å². The summed E-state index contributed by atoms with van der Waals surface area (Å²) >= 11 is 0. The van der Waals surface area contributed by atoms with Crippen LogP contribution in [-0.2, 0) is 4.74 Å². The first-order valence-corrected chi connectivity index (χ1v) is 6.68. The quantitative estimate of drug-likeness (QED) is 0.863. The van der Waals surface area contributed by atoms with Gasteiger partial charge in [0.25, 0.3) is 11.8 Å². The monoisotopic (exact) mass is 285 g/mol. The van der Waals surface area contributed by atoms with Gasteiger partial charge in [0.1, 0.15) is 0 Å². The van der Waals surface area contributed by atoms with E-state index >= 15 is 0 Å². The maximum atomic E-state index is 12.5. The fourth-order valence-electron chi connectivity index (χ4n) is 2.70. The van der Waals surface area contributed by atoms with Gasteiger partial charge in [0.2, 0.25) is 0 Å². The van der Waals surface area contributed by atoms with Gasteiger partial charge in [-0.1, -0.05) is 24.3 Å². The minimum Gasteiger partial charge on any atom is -0.389 e. The van der Waals surface area contributed by atoms with Gasteiger partial charge in [-0.25, -0.2) is 0 Å². The second-order valence-corrected chi connectivity index (χ2v) is 5.04. The average Bonchev–Trinajstić information content (AvgIpc) is 2.49. The molecule has 5 heteroatoms. The molecule has 1 aliphatic heterocycles. The minimum atomic E-state index is -0.896. The third kappa shape index (κ3) is 2.20. The number of carbonyl (C=O) groups is 2. The van der Waals surface area contributed by atoms with E-state index in [4.69, 9.17) is 4.74 Å². The standard InChI is InChI=1S/C16H15NO4/c1-21-9-11(18)8-17-15(19)12-6-2-4-10-5-3-7-13(14(10)12)16(17)20/h2-7,11,18H,8-9H2,1H3. The highest BCUT2D eigenvalue weighted by Crippen LogP contribution is 2.29. The molecule has 3 rings (SSSR count). The van der Waals surface area contributed by atoms with E-state index in [1.54, 1.807) is 24.3 Å². The van der Waals surface area contributed by atoms with Crippen LogP contribution in [0.5, 0.6) is 0 Å². The molecule has 0 radical (unpaired) electrons. The lowest BCUT2D eigenvalue weighted by atomic mass is 9.94. The summed E-state index contributed by atoms with van der Waals surface area (Å²) in [6, 6.07) is 10.7. The smallest absolute Gasteiger partial charge is 0.261 e. The van der Waals surface area contributed by atoms with E-state index in [1.165, 1.54) is 7.11 Å².